The van der Waals surface area contributed by atoms with E-state index in [1.165, 1.54) is 11.1 Å². The first-order valence-electron chi connectivity index (χ1n) is 7.77. The number of benzene rings is 2. The zero-order valence-corrected chi connectivity index (χ0v) is 14.3. The minimum atomic E-state index is -0.185. The normalized spacial score (nSPS) is 11.4. The van der Waals surface area contributed by atoms with Crippen LogP contribution in [0, 0.1) is 0 Å². The molecule has 23 heavy (non-hydrogen) atoms. The molecule has 0 radical (unpaired) electrons. The van der Waals surface area contributed by atoms with Crippen molar-refractivity contribution in [3.63, 3.8) is 0 Å². The number of rotatable bonds is 6. The Morgan fingerprint density at radius 1 is 1.09 bits per heavy atom. The summed E-state index contributed by atoms with van der Waals surface area (Å²) < 4.78 is 5.37. The lowest BCUT2D eigenvalue weighted by atomic mass is 9.77. The molecule has 0 bridgehead atoms. The number of nitrogens with two attached hydrogens (primary N) is 1. The summed E-state index contributed by atoms with van der Waals surface area (Å²) in [6, 6.07) is 12.3. The Labute approximate surface area is 138 Å². The van der Waals surface area contributed by atoms with Gasteiger partial charge in [-0.05, 0) is 34.4 Å². The van der Waals surface area contributed by atoms with Gasteiger partial charge in [0.1, 0.15) is 5.75 Å². The third-order valence-corrected chi connectivity index (χ3v) is 4.51. The highest BCUT2D eigenvalue weighted by molar-refractivity contribution is 5.59. The minimum Gasteiger partial charge on any atom is -0.495 e. The van der Waals surface area contributed by atoms with Crippen LogP contribution in [-0.4, -0.2) is 19.3 Å². The fourth-order valence-electron chi connectivity index (χ4n) is 2.82. The van der Waals surface area contributed by atoms with Gasteiger partial charge in [0.25, 0.3) is 0 Å². The fourth-order valence-corrected chi connectivity index (χ4v) is 2.82. The molecule has 0 aliphatic rings. The molecule has 0 aliphatic carbocycles. The summed E-state index contributed by atoms with van der Waals surface area (Å²) in [6.07, 6.45) is 0. The molecule has 0 spiro atoms. The van der Waals surface area contributed by atoms with Crippen LogP contribution in [0.25, 0.3) is 0 Å². The Morgan fingerprint density at radius 2 is 1.74 bits per heavy atom. The van der Waals surface area contributed by atoms with Gasteiger partial charge in [0.05, 0.1) is 19.4 Å². The van der Waals surface area contributed by atoms with Gasteiger partial charge in [0, 0.05) is 19.0 Å². The van der Waals surface area contributed by atoms with Crippen LogP contribution in [0.3, 0.4) is 0 Å². The monoisotopic (exact) mass is 314 g/mol. The first-order chi connectivity index (χ1) is 11.0. The number of methoxy groups -OCH3 is 1. The Morgan fingerprint density at radius 3 is 2.30 bits per heavy atom. The minimum absolute atomic E-state index is 0.0136. The number of anilines is 1. The predicted molar refractivity (Wildman–Crippen MR) is 94.9 cm³/mol. The largest absolute Gasteiger partial charge is 0.495 e. The van der Waals surface area contributed by atoms with Crippen molar-refractivity contribution in [3.8, 4) is 5.75 Å². The average Bonchev–Trinajstić information content (AvgIpc) is 2.60. The number of hydrogen-bond acceptors (Lipinski definition) is 4. The van der Waals surface area contributed by atoms with Crippen LogP contribution in [0.1, 0.15) is 36.1 Å². The second-order valence-electron chi connectivity index (χ2n) is 6.14. The number of aliphatic hydroxyl groups excluding tert-OH is 1. The summed E-state index contributed by atoms with van der Waals surface area (Å²) in [5.74, 6) is 0.824. The van der Waals surface area contributed by atoms with Gasteiger partial charge < -0.3 is 20.9 Å². The molecule has 2 rings (SSSR count). The molecule has 0 saturated carbocycles. The van der Waals surface area contributed by atoms with E-state index in [1.807, 2.05) is 19.2 Å². The van der Waals surface area contributed by atoms with E-state index in [2.05, 4.69) is 43.4 Å². The molecule has 0 atom stereocenters. The van der Waals surface area contributed by atoms with Crippen LogP contribution in [-0.2, 0) is 18.6 Å². The van der Waals surface area contributed by atoms with Crippen LogP contribution < -0.4 is 15.8 Å². The number of hydrogen-bond donors (Lipinski definition) is 3. The highest BCUT2D eigenvalue weighted by atomic mass is 16.5. The molecule has 0 saturated heterocycles. The van der Waals surface area contributed by atoms with Crippen molar-refractivity contribution < 1.29 is 9.84 Å². The molecule has 4 nitrogen and oxygen atoms in total. The van der Waals surface area contributed by atoms with E-state index in [4.69, 9.17) is 10.5 Å². The summed E-state index contributed by atoms with van der Waals surface area (Å²) in [5.41, 5.74) is 10.8. The van der Waals surface area contributed by atoms with Crippen molar-refractivity contribution >= 4 is 5.69 Å². The third-order valence-electron chi connectivity index (χ3n) is 4.51. The van der Waals surface area contributed by atoms with Crippen molar-refractivity contribution in [2.24, 2.45) is 5.73 Å². The van der Waals surface area contributed by atoms with Crippen LogP contribution in [0.5, 0.6) is 5.75 Å². The molecule has 0 heterocycles. The maximum absolute atomic E-state index is 9.41. The molecular formula is C19H26N2O2. The molecule has 2 aromatic carbocycles. The van der Waals surface area contributed by atoms with E-state index in [0.717, 1.165) is 22.6 Å². The number of aliphatic hydroxyl groups is 1. The lowest BCUT2D eigenvalue weighted by Crippen LogP contribution is -2.20. The Balaban J connectivity index is 2.49. The lowest BCUT2D eigenvalue weighted by Gasteiger charge is -2.28. The molecule has 0 unspecified atom stereocenters. The molecule has 0 fully saturated rings. The Kier molecular flexibility index (Phi) is 5.29. The van der Waals surface area contributed by atoms with E-state index < -0.39 is 0 Å². The van der Waals surface area contributed by atoms with E-state index in [1.54, 1.807) is 7.11 Å². The zero-order valence-electron chi connectivity index (χ0n) is 14.3. The lowest BCUT2D eigenvalue weighted by molar-refractivity contribution is 0.280. The van der Waals surface area contributed by atoms with E-state index in [9.17, 15) is 5.11 Å². The highest BCUT2D eigenvalue weighted by Crippen LogP contribution is 2.36. The maximum atomic E-state index is 9.41. The van der Waals surface area contributed by atoms with Crippen molar-refractivity contribution in [1.29, 1.82) is 0 Å². The van der Waals surface area contributed by atoms with Gasteiger partial charge in [-0.1, -0.05) is 38.1 Å². The molecule has 4 heteroatoms. The maximum Gasteiger partial charge on any atom is 0.141 e. The van der Waals surface area contributed by atoms with Crippen LogP contribution in [0.2, 0.25) is 0 Å². The molecule has 124 valence electrons. The average molecular weight is 314 g/mol. The molecular weight excluding hydrogens is 288 g/mol. The molecule has 2 aromatic rings. The summed E-state index contributed by atoms with van der Waals surface area (Å²) in [7, 11) is 3.55. The van der Waals surface area contributed by atoms with Crippen LogP contribution >= 0.6 is 0 Å². The number of ether oxygens (including phenoxy) is 1. The topological polar surface area (TPSA) is 67.5 Å². The standard InChI is InChI=1S/C19H26N2O2/c1-19(2,15-6-5-13(12-22)14(9-15)11-20)16-7-8-18(23-4)17(10-16)21-3/h5-10,21-22H,11-12,20H2,1-4H3. The zero-order chi connectivity index (χ0) is 17.0. The molecule has 0 aliphatic heterocycles. The summed E-state index contributed by atoms with van der Waals surface area (Å²) >= 11 is 0. The third kappa shape index (κ3) is 3.33. The second-order valence-corrected chi connectivity index (χ2v) is 6.14. The van der Waals surface area contributed by atoms with Crippen LogP contribution in [0.4, 0.5) is 5.69 Å². The predicted octanol–water partition coefficient (Wildman–Crippen LogP) is 3.01. The van der Waals surface area contributed by atoms with Gasteiger partial charge >= 0.3 is 0 Å². The van der Waals surface area contributed by atoms with Crippen LogP contribution in [0.15, 0.2) is 36.4 Å². The van der Waals surface area contributed by atoms with Gasteiger partial charge in [0.2, 0.25) is 0 Å². The van der Waals surface area contributed by atoms with Gasteiger partial charge in [-0.3, -0.25) is 0 Å². The van der Waals surface area contributed by atoms with Crippen molar-refractivity contribution in [2.45, 2.75) is 32.4 Å². The molecule has 0 aromatic heterocycles. The molecule has 4 N–H and O–H groups in total. The van der Waals surface area contributed by atoms with Gasteiger partial charge in [-0.25, -0.2) is 0 Å². The van der Waals surface area contributed by atoms with Crippen molar-refractivity contribution in [1.82, 2.24) is 0 Å². The molecule has 0 amide bonds. The smallest absolute Gasteiger partial charge is 0.141 e. The highest BCUT2D eigenvalue weighted by Gasteiger charge is 2.25. The van der Waals surface area contributed by atoms with Crippen molar-refractivity contribution in [3.05, 3.63) is 58.7 Å². The van der Waals surface area contributed by atoms with Gasteiger partial charge in [-0.2, -0.15) is 0 Å². The van der Waals surface area contributed by atoms with Crippen molar-refractivity contribution in [2.75, 3.05) is 19.5 Å². The fraction of sp³-hybridized carbons (Fsp3) is 0.368. The second kappa shape index (κ2) is 7.02. The van der Waals surface area contributed by atoms with E-state index in [-0.39, 0.29) is 12.0 Å². The first kappa shape index (κ1) is 17.3. The summed E-state index contributed by atoms with van der Waals surface area (Å²) in [5, 5.41) is 12.6. The Hall–Kier alpha value is -2.04. The summed E-state index contributed by atoms with van der Waals surface area (Å²) in [4.78, 5) is 0. The summed E-state index contributed by atoms with van der Waals surface area (Å²) in [6.45, 7) is 4.80. The van der Waals surface area contributed by atoms with E-state index in [0.29, 0.717) is 6.54 Å². The van der Waals surface area contributed by atoms with Gasteiger partial charge in [-0.15, -0.1) is 0 Å². The quantitative estimate of drug-likeness (QED) is 0.767. The SMILES string of the molecule is CNc1cc(C(C)(C)c2ccc(CO)c(CN)c2)ccc1OC. The number of nitrogens with one attached hydrogen (secondary N) is 1. The van der Waals surface area contributed by atoms with E-state index >= 15 is 0 Å². The van der Waals surface area contributed by atoms with Gasteiger partial charge in [0.15, 0.2) is 0 Å². The Bertz CT molecular complexity index is 624. The first-order valence-corrected chi connectivity index (χ1v) is 7.77.